The number of anilines is 1. The molecule has 0 aliphatic rings. The van der Waals surface area contributed by atoms with Crippen molar-refractivity contribution in [3.05, 3.63) is 29.8 Å². The zero-order chi connectivity index (χ0) is 15.1. The van der Waals surface area contributed by atoms with Gasteiger partial charge in [-0.3, -0.25) is 9.59 Å². The van der Waals surface area contributed by atoms with Crippen molar-refractivity contribution in [1.82, 2.24) is 4.90 Å². The molecule has 0 aliphatic carbocycles. The maximum absolute atomic E-state index is 12.4. The molecule has 0 fully saturated rings. The average molecular weight is 314 g/mol. The van der Waals surface area contributed by atoms with Crippen LogP contribution in [0.15, 0.2) is 24.3 Å². The third-order valence-corrected chi connectivity index (χ3v) is 3.27. The first-order valence-corrected chi connectivity index (χ1v) is 6.94. The first-order valence-electron chi connectivity index (χ1n) is 6.94. The molecule has 0 aliphatic heterocycles. The van der Waals surface area contributed by atoms with Gasteiger partial charge < -0.3 is 16.0 Å². The number of halogens is 1. The minimum Gasteiger partial charge on any atom is -0.339 e. The summed E-state index contributed by atoms with van der Waals surface area (Å²) in [5.74, 6) is -0.537. The van der Waals surface area contributed by atoms with Crippen LogP contribution in [0.3, 0.4) is 0 Å². The molecular formula is C15H24ClN3O2. The van der Waals surface area contributed by atoms with E-state index >= 15 is 0 Å². The summed E-state index contributed by atoms with van der Waals surface area (Å²) in [5.41, 5.74) is 6.52. The van der Waals surface area contributed by atoms with Crippen molar-refractivity contribution in [3.63, 3.8) is 0 Å². The van der Waals surface area contributed by atoms with Crippen LogP contribution in [0, 0.1) is 5.92 Å². The quantitative estimate of drug-likeness (QED) is 0.844. The van der Waals surface area contributed by atoms with Gasteiger partial charge in [0.05, 0.1) is 11.3 Å². The van der Waals surface area contributed by atoms with E-state index in [1.807, 2.05) is 13.8 Å². The van der Waals surface area contributed by atoms with Gasteiger partial charge in [0, 0.05) is 25.6 Å². The van der Waals surface area contributed by atoms with Gasteiger partial charge in [0.2, 0.25) is 5.91 Å². The number of nitrogens with two attached hydrogens (primary N) is 1. The molecular weight excluding hydrogens is 290 g/mol. The van der Waals surface area contributed by atoms with E-state index < -0.39 is 0 Å². The van der Waals surface area contributed by atoms with E-state index in [0.717, 1.165) is 0 Å². The lowest BCUT2D eigenvalue weighted by molar-refractivity contribution is -0.119. The molecule has 0 aromatic heterocycles. The number of carbonyl (C=O) groups is 2. The number of hydrogen-bond acceptors (Lipinski definition) is 3. The molecule has 1 aromatic carbocycles. The topological polar surface area (TPSA) is 75.4 Å². The Labute approximate surface area is 132 Å². The number of hydrogen-bond donors (Lipinski definition) is 2. The monoisotopic (exact) mass is 313 g/mol. The smallest absolute Gasteiger partial charge is 0.255 e. The molecule has 0 bridgehead atoms. The van der Waals surface area contributed by atoms with Gasteiger partial charge in [-0.05, 0) is 26.0 Å². The van der Waals surface area contributed by atoms with Gasteiger partial charge in [0.25, 0.3) is 5.91 Å². The van der Waals surface area contributed by atoms with E-state index in [-0.39, 0.29) is 36.7 Å². The molecule has 21 heavy (non-hydrogen) atoms. The summed E-state index contributed by atoms with van der Waals surface area (Å²) in [5, 5.41) is 2.78. The highest BCUT2D eigenvalue weighted by molar-refractivity contribution is 6.04. The predicted octanol–water partition coefficient (Wildman–Crippen LogP) is 2.12. The Kier molecular flexibility index (Phi) is 8.66. The van der Waals surface area contributed by atoms with Crippen LogP contribution in [0.2, 0.25) is 0 Å². The van der Waals surface area contributed by atoms with Crippen molar-refractivity contribution >= 4 is 29.9 Å². The fraction of sp³-hybridized carbons (Fsp3) is 0.467. The van der Waals surface area contributed by atoms with Crippen molar-refractivity contribution < 1.29 is 9.59 Å². The van der Waals surface area contributed by atoms with E-state index in [2.05, 4.69) is 5.32 Å². The number of nitrogens with zero attached hydrogens (tertiary/aromatic N) is 1. The molecule has 6 heteroatoms. The van der Waals surface area contributed by atoms with Gasteiger partial charge in [-0.25, -0.2) is 0 Å². The molecule has 0 radical (unpaired) electrons. The van der Waals surface area contributed by atoms with E-state index in [1.165, 1.54) is 0 Å². The van der Waals surface area contributed by atoms with Crippen molar-refractivity contribution in [1.29, 1.82) is 0 Å². The van der Waals surface area contributed by atoms with E-state index in [0.29, 0.717) is 24.3 Å². The Hall–Kier alpha value is -1.59. The summed E-state index contributed by atoms with van der Waals surface area (Å²) < 4.78 is 0. The Morgan fingerprint density at radius 3 is 2.33 bits per heavy atom. The molecule has 1 aromatic rings. The van der Waals surface area contributed by atoms with Gasteiger partial charge in [-0.1, -0.05) is 19.1 Å². The van der Waals surface area contributed by atoms with E-state index in [9.17, 15) is 9.59 Å². The van der Waals surface area contributed by atoms with Crippen molar-refractivity contribution in [2.45, 2.75) is 20.8 Å². The average Bonchev–Trinajstić information content (AvgIpc) is 2.47. The van der Waals surface area contributed by atoms with Gasteiger partial charge >= 0.3 is 0 Å². The summed E-state index contributed by atoms with van der Waals surface area (Å²) in [6, 6.07) is 7.04. The fourth-order valence-electron chi connectivity index (χ4n) is 1.82. The van der Waals surface area contributed by atoms with Crippen LogP contribution >= 0.6 is 12.4 Å². The number of carbonyl (C=O) groups excluding carboxylic acids is 2. The second-order valence-corrected chi connectivity index (χ2v) is 4.65. The maximum atomic E-state index is 12.4. The van der Waals surface area contributed by atoms with Crippen LogP contribution in [0.25, 0.3) is 0 Å². The molecule has 1 rings (SSSR count). The lowest BCUT2D eigenvalue weighted by Crippen LogP contribution is -2.32. The molecule has 0 saturated carbocycles. The predicted molar refractivity (Wildman–Crippen MR) is 87.8 cm³/mol. The van der Waals surface area contributed by atoms with Crippen molar-refractivity contribution in [2.24, 2.45) is 11.7 Å². The van der Waals surface area contributed by atoms with Crippen LogP contribution < -0.4 is 11.1 Å². The highest BCUT2D eigenvalue weighted by atomic mass is 35.5. The summed E-state index contributed by atoms with van der Waals surface area (Å²) in [4.78, 5) is 26.0. The zero-order valence-corrected chi connectivity index (χ0v) is 13.6. The van der Waals surface area contributed by atoms with Crippen LogP contribution in [0.1, 0.15) is 31.1 Å². The molecule has 0 saturated heterocycles. The molecule has 1 atom stereocenters. The first kappa shape index (κ1) is 19.4. The largest absolute Gasteiger partial charge is 0.339 e. The van der Waals surface area contributed by atoms with E-state index in [4.69, 9.17) is 5.73 Å². The summed E-state index contributed by atoms with van der Waals surface area (Å²) in [7, 11) is 0. The van der Waals surface area contributed by atoms with Crippen molar-refractivity contribution in [2.75, 3.05) is 25.0 Å². The molecule has 1 unspecified atom stereocenters. The normalized spacial score (nSPS) is 11.2. The SMILES string of the molecule is CCN(CC)C(=O)c1ccccc1NC(=O)C(C)CN.Cl. The number of nitrogens with one attached hydrogen (secondary N) is 1. The Morgan fingerprint density at radius 2 is 1.81 bits per heavy atom. The van der Waals surface area contributed by atoms with Gasteiger partial charge in [-0.2, -0.15) is 0 Å². The molecule has 0 spiro atoms. The fourth-order valence-corrected chi connectivity index (χ4v) is 1.82. The van der Waals surface area contributed by atoms with Gasteiger partial charge in [0.1, 0.15) is 0 Å². The lowest BCUT2D eigenvalue weighted by Gasteiger charge is -2.21. The Morgan fingerprint density at radius 1 is 1.24 bits per heavy atom. The minimum atomic E-state index is -0.286. The lowest BCUT2D eigenvalue weighted by atomic mass is 10.1. The number of benzene rings is 1. The molecule has 0 heterocycles. The second kappa shape index (κ2) is 9.37. The van der Waals surface area contributed by atoms with Crippen LogP contribution in [0.5, 0.6) is 0 Å². The first-order chi connectivity index (χ1) is 9.54. The summed E-state index contributed by atoms with van der Waals surface area (Å²) in [6.07, 6.45) is 0. The third-order valence-electron chi connectivity index (χ3n) is 3.27. The Bertz CT molecular complexity index is 476. The molecule has 2 amide bonds. The van der Waals surface area contributed by atoms with Crippen LogP contribution in [0.4, 0.5) is 5.69 Å². The number of para-hydroxylation sites is 1. The highest BCUT2D eigenvalue weighted by Gasteiger charge is 2.18. The van der Waals surface area contributed by atoms with E-state index in [1.54, 1.807) is 36.1 Å². The van der Waals surface area contributed by atoms with Gasteiger partial charge in [-0.15, -0.1) is 12.4 Å². The molecule has 3 N–H and O–H groups in total. The third kappa shape index (κ3) is 5.02. The standard InChI is InChI=1S/C15H23N3O2.ClH/c1-4-18(5-2)15(20)12-8-6-7-9-13(12)17-14(19)11(3)10-16;/h6-9,11H,4-5,10,16H2,1-3H3,(H,17,19);1H. The molecule has 118 valence electrons. The number of rotatable bonds is 6. The van der Waals surface area contributed by atoms with Crippen LogP contribution in [-0.4, -0.2) is 36.3 Å². The van der Waals surface area contributed by atoms with Gasteiger partial charge in [0.15, 0.2) is 0 Å². The minimum absolute atomic E-state index is 0. The maximum Gasteiger partial charge on any atom is 0.255 e. The summed E-state index contributed by atoms with van der Waals surface area (Å²) >= 11 is 0. The summed E-state index contributed by atoms with van der Waals surface area (Å²) in [6.45, 7) is 7.16. The van der Waals surface area contributed by atoms with Crippen molar-refractivity contribution in [3.8, 4) is 0 Å². The number of amides is 2. The Balaban J connectivity index is 0.00000400. The second-order valence-electron chi connectivity index (χ2n) is 4.65. The molecule has 5 nitrogen and oxygen atoms in total. The highest BCUT2D eigenvalue weighted by Crippen LogP contribution is 2.18. The van der Waals surface area contributed by atoms with Crippen LogP contribution in [-0.2, 0) is 4.79 Å². The zero-order valence-electron chi connectivity index (χ0n) is 12.8.